The minimum absolute atomic E-state index is 0.0866. The van der Waals surface area contributed by atoms with Gasteiger partial charge in [0.15, 0.2) is 0 Å². The van der Waals surface area contributed by atoms with Crippen LogP contribution in [0.1, 0.15) is 64.3 Å². The fourth-order valence-electron chi connectivity index (χ4n) is 3.27. The fraction of sp³-hybridized carbons (Fsp3) is 0.722. The van der Waals surface area contributed by atoms with Gasteiger partial charge in [0.05, 0.1) is 6.54 Å². The van der Waals surface area contributed by atoms with Gasteiger partial charge in [-0.2, -0.15) is 0 Å². The zero-order chi connectivity index (χ0) is 16.2. The van der Waals surface area contributed by atoms with Crippen molar-refractivity contribution < 1.29 is 4.79 Å². The topological polar surface area (TPSA) is 41.1 Å². The molecule has 1 aliphatic rings. The Bertz CT molecular complexity index is 464. The Morgan fingerprint density at radius 3 is 2.68 bits per heavy atom. The summed E-state index contributed by atoms with van der Waals surface area (Å²) in [5.41, 5.74) is 0.0866. The summed E-state index contributed by atoms with van der Waals surface area (Å²) in [6, 6.07) is 4.79. The smallest absolute Gasteiger partial charge is 0.234 e. The SMILES string of the molecule is CC1CCCCC1NC(=O)CNC(c1cccs1)C(C)(C)C. The van der Waals surface area contributed by atoms with Gasteiger partial charge in [0.25, 0.3) is 0 Å². The first-order chi connectivity index (χ1) is 10.4. The Labute approximate surface area is 138 Å². The first-order valence-electron chi connectivity index (χ1n) is 8.44. The lowest BCUT2D eigenvalue weighted by Crippen LogP contribution is -2.46. The van der Waals surface area contributed by atoms with Gasteiger partial charge in [-0.1, -0.05) is 46.6 Å². The van der Waals surface area contributed by atoms with Crippen molar-refractivity contribution in [2.75, 3.05) is 6.54 Å². The Morgan fingerprint density at radius 1 is 1.36 bits per heavy atom. The predicted octanol–water partition coefficient (Wildman–Crippen LogP) is 4.12. The van der Waals surface area contributed by atoms with Crippen LogP contribution in [0.2, 0.25) is 0 Å². The van der Waals surface area contributed by atoms with Crippen LogP contribution in [0.5, 0.6) is 0 Å². The van der Waals surface area contributed by atoms with Crippen molar-refractivity contribution >= 4 is 17.2 Å². The van der Waals surface area contributed by atoms with Gasteiger partial charge in [-0.25, -0.2) is 0 Å². The first-order valence-corrected chi connectivity index (χ1v) is 9.32. The highest BCUT2D eigenvalue weighted by molar-refractivity contribution is 7.10. The molecular weight excluding hydrogens is 292 g/mol. The monoisotopic (exact) mass is 322 g/mol. The van der Waals surface area contributed by atoms with Crippen molar-refractivity contribution in [3.05, 3.63) is 22.4 Å². The quantitative estimate of drug-likeness (QED) is 0.856. The third-order valence-electron chi connectivity index (χ3n) is 4.62. The molecule has 0 radical (unpaired) electrons. The number of nitrogens with one attached hydrogen (secondary N) is 2. The lowest BCUT2D eigenvalue weighted by atomic mass is 9.85. The Morgan fingerprint density at radius 2 is 2.09 bits per heavy atom. The molecule has 0 saturated heterocycles. The molecule has 1 saturated carbocycles. The summed E-state index contributed by atoms with van der Waals surface area (Å²) in [4.78, 5) is 13.6. The average molecular weight is 323 g/mol. The van der Waals surface area contributed by atoms with Crippen LogP contribution in [0.3, 0.4) is 0 Å². The second kappa shape index (κ2) is 7.60. The van der Waals surface area contributed by atoms with E-state index in [1.54, 1.807) is 11.3 Å². The van der Waals surface area contributed by atoms with Crippen molar-refractivity contribution in [3.63, 3.8) is 0 Å². The molecule has 0 aliphatic heterocycles. The van der Waals surface area contributed by atoms with Gasteiger partial charge in [-0.05, 0) is 35.6 Å². The van der Waals surface area contributed by atoms with E-state index in [0.29, 0.717) is 18.5 Å². The summed E-state index contributed by atoms with van der Waals surface area (Å²) in [7, 11) is 0. The summed E-state index contributed by atoms with van der Waals surface area (Å²) in [5.74, 6) is 0.734. The predicted molar refractivity (Wildman–Crippen MR) is 94.1 cm³/mol. The van der Waals surface area contributed by atoms with Crippen LogP contribution >= 0.6 is 11.3 Å². The Hall–Kier alpha value is -0.870. The molecule has 1 amide bonds. The van der Waals surface area contributed by atoms with Gasteiger partial charge in [-0.3, -0.25) is 4.79 Å². The second-order valence-electron chi connectivity index (χ2n) is 7.63. The Balaban J connectivity index is 1.88. The second-order valence-corrected chi connectivity index (χ2v) is 8.61. The van der Waals surface area contributed by atoms with Crippen LogP contribution in [0.25, 0.3) is 0 Å². The molecule has 0 spiro atoms. The normalized spacial score (nSPS) is 24.0. The highest BCUT2D eigenvalue weighted by Crippen LogP contribution is 2.34. The summed E-state index contributed by atoms with van der Waals surface area (Å²) in [6.45, 7) is 9.28. The summed E-state index contributed by atoms with van der Waals surface area (Å²) < 4.78 is 0. The van der Waals surface area contributed by atoms with Gasteiger partial charge in [0, 0.05) is 17.0 Å². The van der Waals surface area contributed by atoms with E-state index in [-0.39, 0.29) is 17.4 Å². The zero-order valence-corrected chi connectivity index (χ0v) is 15.1. The fourth-order valence-corrected chi connectivity index (χ4v) is 4.32. The Kier molecular flexibility index (Phi) is 6.04. The largest absolute Gasteiger partial charge is 0.352 e. The third-order valence-corrected chi connectivity index (χ3v) is 5.56. The lowest BCUT2D eigenvalue weighted by Gasteiger charge is -2.32. The minimum atomic E-state index is 0.0866. The molecule has 4 heteroatoms. The lowest BCUT2D eigenvalue weighted by molar-refractivity contribution is -0.121. The maximum Gasteiger partial charge on any atom is 0.234 e. The van der Waals surface area contributed by atoms with Crippen molar-refractivity contribution in [1.29, 1.82) is 0 Å². The third kappa shape index (κ3) is 4.82. The molecule has 124 valence electrons. The van der Waals surface area contributed by atoms with Crippen LogP contribution in [0, 0.1) is 11.3 Å². The highest BCUT2D eigenvalue weighted by atomic mass is 32.1. The maximum absolute atomic E-state index is 12.3. The first kappa shape index (κ1) is 17.5. The van der Waals surface area contributed by atoms with Gasteiger partial charge in [0.1, 0.15) is 0 Å². The van der Waals surface area contributed by atoms with Crippen LogP contribution < -0.4 is 10.6 Å². The molecule has 1 aliphatic carbocycles. The van der Waals surface area contributed by atoms with E-state index in [4.69, 9.17) is 0 Å². The van der Waals surface area contributed by atoms with Crippen molar-refractivity contribution in [3.8, 4) is 0 Å². The molecule has 3 unspecified atom stereocenters. The van der Waals surface area contributed by atoms with E-state index in [0.717, 1.165) is 6.42 Å². The summed E-state index contributed by atoms with van der Waals surface area (Å²) >= 11 is 1.75. The van der Waals surface area contributed by atoms with Crippen LogP contribution in [-0.2, 0) is 4.79 Å². The van der Waals surface area contributed by atoms with E-state index in [2.05, 4.69) is 55.8 Å². The van der Waals surface area contributed by atoms with Gasteiger partial charge < -0.3 is 10.6 Å². The zero-order valence-electron chi connectivity index (χ0n) is 14.3. The molecular formula is C18H30N2OS. The van der Waals surface area contributed by atoms with Crippen molar-refractivity contribution in [2.45, 2.75) is 65.5 Å². The number of rotatable bonds is 5. The molecule has 22 heavy (non-hydrogen) atoms. The molecule has 0 bridgehead atoms. The van der Waals surface area contributed by atoms with Crippen LogP contribution in [-0.4, -0.2) is 18.5 Å². The highest BCUT2D eigenvalue weighted by Gasteiger charge is 2.28. The van der Waals surface area contributed by atoms with E-state index in [9.17, 15) is 4.79 Å². The molecule has 1 fully saturated rings. The molecule has 3 atom stereocenters. The average Bonchev–Trinajstić information content (AvgIpc) is 2.94. The van der Waals surface area contributed by atoms with Gasteiger partial charge >= 0.3 is 0 Å². The van der Waals surface area contributed by atoms with Gasteiger partial charge in [0.2, 0.25) is 5.91 Å². The maximum atomic E-state index is 12.3. The number of carbonyl (C=O) groups is 1. The molecule has 3 nitrogen and oxygen atoms in total. The number of amides is 1. The van der Waals surface area contributed by atoms with Crippen molar-refractivity contribution in [1.82, 2.24) is 10.6 Å². The van der Waals surface area contributed by atoms with E-state index in [1.807, 2.05) is 0 Å². The summed E-state index contributed by atoms with van der Waals surface area (Å²) in [6.07, 6.45) is 4.90. The molecule has 1 heterocycles. The van der Waals surface area contributed by atoms with E-state index in [1.165, 1.54) is 24.1 Å². The number of hydrogen-bond donors (Lipinski definition) is 2. The summed E-state index contributed by atoms with van der Waals surface area (Å²) in [5, 5.41) is 8.78. The molecule has 1 aromatic heterocycles. The van der Waals surface area contributed by atoms with Crippen LogP contribution in [0.4, 0.5) is 0 Å². The van der Waals surface area contributed by atoms with E-state index >= 15 is 0 Å². The molecule has 1 aromatic rings. The number of carbonyl (C=O) groups excluding carboxylic acids is 1. The van der Waals surface area contributed by atoms with E-state index < -0.39 is 0 Å². The minimum Gasteiger partial charge on any atom is -0.352 e. The molecule has 2 N–H and O–H groups in total. The standard InChI is InChI=1S/C18H30N2OS/c1-13-8-5-6-9-14(13)20-16(21)12-19-17(18(2,3)4)15-10-7-11-22-15/h7,10-11,13-14,17,19H,5-6,8-9,12H2,1-4H3,(H,20,21). The molecule has 2 rings (SSSR count). The number of thiophene rings is 1. The molecule has 0 aromatic carbocycles. The number of hydrogen-bond acceptors (Lipinski definition) is 3. The van der Waals surface area contributed by atoms with Gasteiger partial charge in [-0.15, -0.1) is 11.3 Å². The van der Waals surface area contributed by atoms with Crippen molar-refractivity contribution in [2.24, 2.45) is 11.3 Å². The van der Waals surface area contributed by atoms with Crippen LogP contribution in [0.15, 0.2) is 17.5 Å².